The highest BCUT2D eigenvalue weighted by atomic mass is 32.2. The van der Waals surface area contributed by atoms with Crippen LogP contribution in [0.2, 0.25) is 0 Å². The highest BCUT2D eigenvalue weighted by Gasteiger charge is 2.27. The molecule has 8 heteroatoms. The van der Waals surface area contributed by atoms with Crippen LogP contribution in [0.1, 0.15) is 48.9 Å². The molecule has 1 unspecified atom stereocenters. The van der Waals surface area contributed by atoms with Gasteiger partial charge in [0.15, 0.2) is 0 Å². The van der Waals surface area contributed by atoms with Crippen LogP contribution in [0.3, 0.4) is 0 Å². The van der Waals surface area contributed by atoms with Gasteiger partial charge in [-0.25, -0.2) is 0 Å². The van der Waals surface area contributed by atoms with E-state index in [1.54, 1.807) is 24.5 Å². The molecule has 3 N–H and O–H groups in total. The summed E-state index contributed by atoms with van der Waals surface area (Å²) in [6.45, 7) is 2.58. The van der Waals surface area contributed by atoms with Gasteiger partial charge in [-0.15, -0.1) is 0 Å². The predicted octanol–water partition coefficient (Wildman–Crippen LogP) is 2.18. The van der Waals surface area contributed by atoms with Gasteiger partial charge in [-0.05, 0) is 75.7 Å². The van der Waals surface area contributed by atoms with Gasteiger partial charge in [0.05, 0.1) is 28.2 Å². The second kappa shape index (κ2) is 10.2. The summed E-state index contributed by atoms with van der Waals surface area (Å²) in [4.78, 5) is 24.2. The standard InChI is InChI=1S/C21H30N2O5S/c1-29(27)19-12-16(4-7-18(19)28-13-14-8-10-22-11-9-14)20(24)23-17-5-2-15(3-6-17)21(25)26/h4,7,12,14-15,17,22H,2-3,5-6,8-11,13H2,1H3,(H,23,24)(H,25,26). The smallest absolute Gasteiger partial charge is 0.306 e. The lowest BCUT2D eigenvalue weighted by Crippen LogP contribution is -2.38. The number of aliphatic carboxylic acids is 1. The van der Waals surface area contributed by atoms with Gasteiger partial charge >= 0.3 is 5.97 Å². The molecular formula is C21H30N2O5S. The normalized spacial score (nSPS) is 23.9. The molecule has 7 nitrogen and oxygen atoms in total. The number of hydrogen-bond donors (Lipinski definition) is 3. The van der Waals surface area contributed by atoms with Gasteiger partial charge in [-0.3, -0.25) is 13.8 Å². The number of rotatable bonds is 7. The number of nitrogens with one attached hydrogen (secondary N) is 2. The molecule has 1 aromatic carbocycles. The van der Waals surface area contributed by atoms with Gasteiger partial charge in [0.25, 0.3) is 5.91 Å². The van der Waals surface area contributed by atoms with Crippen molar-refractivity contribution in [1.29, 1.82) is 0 Å². The molecule has 160 valence electrons. The molecule has 2 aliphatic rings. The summed E-state index contributed by atoms with van der Waals surface area (Å²) >= 11 is 0. The van der Waals surface area contributed by atoms with E-state index in [4.69, 9.17) is 9.84 Å². The van der Waals surface area contributed by atoms with Gasteiger partial charge in [0.1, 0.15) is 5.75 Å². The fraction of sp³-hybridized carbons (Fsp3) is 0.619. The molecule has 0 bridgehead atoms. The van der Waals surface area contributed by atoms with E-state index in [2.05, 4.69) is 10.6 Å². The van der Waals surface area contributed by atoms with Crippen molar-refractivity contribution in [3.8, 4) is 5.75 Å². The van der Waals surface area contributed by atoms with Crippen LogP contribution in [0, 0.1) is 11.8 Å². The number of ether oxygens (including phenoxy) is 1. The number of amides is 1. The van der Waals surface area contributed by atoms with E-state index >= 15 is 0 Å². The molecule has 1 saturated carbocycles. The molecule has 3 rings (SSSR count). The summed E-state index contributed by atoms with van der Waals surface area (Å²) in [7, 11) is -1.27. The molecule has 1 aliphatic heterocycles. The maximum Gasteiger partial charge on any atom is 0.306 e. The van der Waals surface area contributed by atoms with Crippen molar-refractivity contribution in [3.05, 3.63) is 23.8 Å². The van der Waals surface area contributed by atoms with Gasteiger partial charge in [-0.1, -0.05) is 0 Å². The SMILES string of the molecule is CS(=O)c1cc(C(=O)NC2CCC(C(=O)O)CC2)ccc1OCC1CCNCC1. The number of piperidine rings is 1. The molecule has 1 saturated heterocycles. The summed E-state index contributed by atoms with van der Waals surface area (Å²) in [6, 6.07) is 5.05. The van der Waals surface area contributed by atoms with Crippen LogP contribution in [0.25, 0.3) is 0 Å². The quantitative estimate of drug-likeness (QED) is 0.622. The lowest BCUT2D eigenvalue weighted by atomic mass is 9.86. The first kappa shape index (κ1) is 21.8. The maximum atomic E-state index is 12.6. The number of carboxylic acids is 1. The van der Waals surface area contributed by atoms with Gasteiger partial charge in [0.2, 0.25) is 0 Å². The zero-order valence-electron chi connectivity index (χ0n) is 16.8. The van der Waals surface area contributed by atoms with Crippen molar-refractivity contribution < 1.29 is 23.6 Å². The van der Waals surface area contributed by atoms with E-state index in [9.17, 15) is 13.8 Å². The van der Waals surface area contributed by atoms with Crippen LogP contribution in [0.15, 0.2) is 23.1 Å². The first-order valence-electron chi connectivity index (χ1n) is 10.3. The Hall–Kier alpha value is -1.93. The molecule has 1 aromatic rings. The molecule has 1 aliphatic carbocycles. The van der Waals surface area contributed by atoms with Crippen molar-refractivity contribution in [1.82, 2.24) is 10.6 Å². The third kappa shape index (κ3) is 6.02. The molecule has 0 aromatic heterocycles. The fourth-order valence-corrected chi connectivity index (χ4v) is 4.71. The van der Waals surface area contributed by atoms with Crippen LogP contribution in [0.5, 0.6) is 5.75 Å². The Bertz CT molecular complexity index is 755. The minimum atomic E-state index is -1.27. The van der Waals surface area contributed by atoms with E-state index in [-0.39, 0.29) is 17.9 Å². The predicted molar refractivity (Wildman–Crippen MR) is 111 cm³/mol. The van der Waals surface area contributed by atoms with Crippen molar-refractivity contribution >= 4 is 22.7 Å². The Labute approximate surface area is 174 Å². The zero-order valence-corrected chi connectivity index (χ0v) is 17.6. The molecule has 2 fully saturated rings. The highest BCUT2D eigenvalue weighted by molar-refractivity contribution is 7.84. The van der Waals surface area contributed by atoms with Crippen molar-refractivity contribution in [2.75, 3.05) is 26.0 Å². The second-order valence-corrected chi connectivity index (χ2v) is 9.33. The Morgan fingerprint density at radius 1 is 1.17 bits per heavy atom. The molecule has 0 spiro atoms. The Morgan fingerprint density at radius 3 is 2.48 bits per heavy atom. The van der Waals surface area contributed by atoms with E-state index in [1.807, 2.05) is 0 Å². The van der Waals surface area contributed by atoms with E-state index in [1.165, 1.54) is 0 Å². The molecule has 1 amide bonds. The van der Waals surface area contributed by atoms with Crippen LogP contribution in [-0.2, 0) is 15.6 Å². The summed E-state index contributed by atoms with van der Waals surface area (Å²) in [5.74, 6) is -0.236. The van der Waals surface area contributed by atoms with E-state index in [0.29, 0.717) is 54.4 Å². The number of carbonyl (C=O) groups excluding carboxylic acids is 1. The van der Waals surface area contributed by atoms with Gasteiger partial charge in [-0.2, -0.15) is 0 Å². The molecule has 1 heterocycles. The largest absolute Gasteiger partial charge is 0.492 e. The molecule has 0 radical (unpaired) electrons. The highest BCUT2D eigenvalue weighted by Crippen LogP contribution is 2.27. The lowest BCUT2D eigenvalue weighted by Gasteiger charge is -2.27. The van der Waals surface area contributed by atoms with Gasteiger partial charge in [0, 0.05) is 17.9 Å². The minimum Gasteiger partial charge on any atom is -0.492 e. The van der Waals surface area contributed by atoms with Gasteiger partial charge < -0.3 is 20.5 Å². The number of benzene rings is 1. The average Bonchev–Trinajstić information content (AvgIpc) is 2.73. The topological polar surface area (TPSA) is 105 Å². The third-order valence-corrected chi connectivity index (χ3v) is 6.80. The molecule has 29 heavy (non-hydrogen) atoms. The average molecular weight is 423 g/mol. The summed E-state index contributed by atoms with van der Waals surface area (Å²) < 4.78 is 18.2. The third-order valence-electron chi connectivity index (χ3n) is 5.86. The Kier molecular flexibility index (Phi) is 7.66. The zero-order chi connectivity index (χ0) is 20.8. The summed E-state index contributed by atoms with van der Waals surface area (Å²) in [5, 5.41) is 15.4. The lowest BCUT2D eigenvalue weighted by molar-refractivity contribution is -0.142. The van der Waals surface area contributed by atoms with Crippen LogP contribution in [-0.4, -0.2) is 53.2 Å². The Balaban J connectivity index is 1.60. The summed E-state index contributed by atoms with van der Waals surface area (Å²) in [5.41, 5.74) is 0.449. The van der Waals surface area contributed by atoms with E-state index < -0.39 is 16.8 Å². The van der Waals surface area contributed by atoms with Crippen LogP contribution >= 0.6 is 0 Å². The Morgan fingerprint density at radius 2 is 1.86 bits per heavy atom. The van der Waals surface area contributed by atoms with Crippen molar-refractivity contribution in [2.45, 2.75) is 49.5 Å². The fourth-order valence-electron chi connectivity index (χ4n) is 4.00. The molecule has 1 atom stereocenters. The second-order valence-electron chi connectivity index (χ2n) is 7.98. The maximum absolute atomic E-state index is 12.6. The number of carboxylic acid groups (broad SMARTS) is 1. The van der Waals surface area contributed by atoms with Crippen molar-refractivity contribution in [3.63, 3.8) is 0 Å². The number of hydrogen-bond acceptors (Lipinski definition) is 5. The summed E-state index contributed by atoms with van der Waals surface area (Å²) in [6.07, 6.45) is 6.19. The molecular weight excluding hydrogens is 392 g/mol. The van der Waals surface area contributed by atoms with Crippen molar-refractivity contribution in [2.24, 2.45) is 11.8 Å². The minimum absolute atomic E-state index is 0.0236. The van der Waals surface area contributed by atoms with Crippen LogP contribution in [0.4, 0.5) is 0 Å². The van der Waals surface area contributed by atoms with Crippen LogP contribution < -0.4 is 15.4 Å². The monoisotopic (exact) mass is 422 g/mol. The first-order valence-corrected chi connectivity index (χ1v) is 11.8. The first-order chi connectivity index (χ1) is 13.9. The van der Waals surface area contributed by atoms with E-state index in [0.717, 1.165) is 25.9 Å². The number of carbonyl (C=O) groups is 2.